The molecule has 10 heteroatoms. The Morgan fingerprint density at radius 3 is 1.85 bits per heavy atom. The van der Waals surface area contributed by atoms with Gasteiger partial charge in [0.05, 0.1) is 17.2 Å². The zero-order chi connectivity index (χ0) is 20.1. The maximum absolute atomic E-state index is 12.2. The van der Waals surface area contributed by atoms with Gasteiger partial charge in [-0.1, -0.05) is 12.1 Å². The third kappa shape index (κ3) is 4.48. The summed E-state index contributed by atoms with van der Waals surface area (Å²) in [5, 5.41) is 35.8. The Labute approximate surface area is 154 Å². The second kappa shape index (κ2) is 8.71. The summed E-state index contributed by atoms with van der Waals surface area (Å²) in [5.74, 6) is -3.82. The summed E-state index contributed by atoms with van der Waals surface area (Å²) in [5.41, 5.74) is 1.09. The van der Waals surface area contributed by atoms with Crippen molar-refractivity contribution in [2.45, 2.75) is 31.1 Å². The summed E-state index contributed by atoms with van der Waals surface area (Å²) >= 11 is 0. The number of fused-ring (bicyclic) bond motifs is 1. The van der Waals surface area contributed by atoms with Crippen LogP contribution in [0.1, 0.15) is 33.6 Å². The maximum atomic E-state index is 12.2. The van der Waals surface area contributed by atoms with Crippen LogP contribution in [0.4, 0.5) is 0 Å². The van der Waals surface area contributed by atoms with E-state index in [1.807, 2.05) is 0 Å². The van der Waals surface area contributed by atoms with Gasteiger partial charge in [0.25, 0.3) is 11.8 Å². The quantitative estimate of drug-likeness (QED) is 0.408. The Morgan fingerprint density at radius 2 is 1.48 bits per heavy atom. The van der Waals surface area contributed by atoms with Gasteiger partial charge >= 0.3 is 11.9 Å². The molecular formula is C17H20N2O8. The third-order valence-corrected chi connectivity index (χ3v) is 4.27. The number of hydrogen-bond acceptors (Lipinski definition) is 7. The summed E-state index contributed by atoms with van der Waals surface area (Å²) in [6, 6.07) is 7.06. The van der Waals surface area contributed by atoms with Gasteiger partial charge in [-0.3, -0.25) is 14.5 Å². The number of carboxylic acids is 2. The van der Waals surface area contributed by atoms with Gasteiger partial charge in [0.1, 0.15) is 0 Å². The largest absolute Gasteiger partial charge is 0.479 e. The van der Waals surface area contributed by atoms with E-state index in [4.69, 9.17) is 20.4 Å². The molecule has 0 unspecified atom stereocenters. The second-order valence-corrected chi connectivity index (χ2v) is 6.09. The van der Waals surface area contributed by atoms with Crippen LogP contribution in [-0.2, 0) is 9.59 Å². The third-order valence-electron chi connectivity index (χ3n) is 4.27. The van der Waals surface area contributed by atoms with E-state index < -0.39 is 24.1 Å². The van der Waals surface area contributed by atoms with E-state index in [0.29, 0.717) is 17.7 Å². The first-order valence-corrected chi connectivity index (χ1v) is 8.25. The highest BCUT2D eigenvalue weighted by molar-refractivity contribution is 6.21. The molecule has 146 valence electrons. The highest BCUT2D eigenvalue weighted by Crippen LogP contribution is 2.26. The van der Waals surface area contributed by atoms with E-state index in [2.05, 4.69) is 5.32 Å². The van der Waals surface area contributed by atoms with Gasteiger partial charge in [-0.2, -0.15) is 0 Å². The molecule has 5 N–H and O–H groups in total. The summed E-state index contributed by atoms with van der Waals surface area (Å²) < 4.78 is 0. The number of carbonyl (C=O) groups is 4. The molecule has 0 aromatic heterocycles. The van der Waals surface area contributed by atoms with E-state index in [1.54, 1.807) is 24.3 Å². The number of piperidine rings is 1. The Bertz CT molecular complexity index is 691. The van der Waals surface area contributed by atoms with Gasteiger partial charge in [-0.15, -0.1) is 0 Å². The second-order valence-electron chi connectivity index (χ2n) is 6.09. The molecule has 10 nitrogen and oxygen atoms in total. The minimum atomic E-state index is -2.27. The Hall–Kier alpha value is -2.82. The lowest BCUT2D eigenvalue weighted by atomic mass is 10.1. The number of benzene rings is 1. The lowest BCUT2D eigenvalue weighted by Gasteiger charge is -2.29. The average molecular weight is 380 g/mol. The number of nitrogens with one attached hydrogen (secondary N) is 1. The van der Waals surface area contributed by atoms with Crippen molar-refractivity contribution < 1.29 is 39.6 Å². The lowest BCUT2D eigenvalue weighted by Crippen LogP contribution is -2.48. The first kappa shape index (κ1) is 20.5. The molecule has 27 heavy (non-hydrogen) atoms. The fourth-order valence-corrected chi connectivity index (χ4v) is 2.86. The zero-order valence-corrected chi connectivity index (χ0v) is 14.2. The summed E-state index contributed by atoms with van der Waals surface area (Å²) in [6.45, 7) is 1.69. The molecule has 3 rings (SSSR count). The zero-order valence-electron chi connectivity index (χ0n) is 14.2. The van der Waals surface area contributed by atoms with Crippen molar-refractivity contribution in [2.75, 3.05) is 13.1 Å². The van der Waals surface area contributed by atoms with Crippen molar-refractivity contribution in [3.63, 3.8) is 0 Å². The number of aliphatic hydroxyl groups is 2. The summed E-state index contributed by atoms with van der Waals surface area (Å²) in [4.78, 5) is 45.3. The highest BCUT2D eigenvalue weighted by atomic mass is 16.4. The van der Waals surface area contributed by atoms with Gasteiger partial charge in [0, 0.05) is 6.54 Å². The predicted molar refractivity (Wildman–Crippen MR) is 90.1 cm³/mol. The topological polar surface area (TPSA) is 164 Å². The van der Waals surface area contributed by atoms with Gasteiger partial charge in [-0.05, 0) is 31.5 Å². The fourth-order valence-electron chi connectivity index (χ4n) is 2.86. The monoisotopic (exact) mass is 380 g/mol. The molecular weight excluding hydrogens is 360 g/mol. The van der Waals surface area contributed by atoms with Crippen molar-refractivity contribution in [2.24, 2.45) is 0 Å². The number of aliphatic carboxylic acids is 2. The van der Waals surface area contributed by atoms with Crippen LogP contribution in [-0.4, -0.2) is 80.4 Å². The van der Waals surface area contributed by atoms with Crippen molar-refractivity contribution in [1.82, 2.24) is 10.2 Å². The first-order valence-electron chi connectivity index (χ1n) is 8.25. The number of carboxylic acid groups (broad SMARTS) is 2. The van der Waals surface area contributed by atoms with E-state index in [0.717, 1.165) is 19.4 Å². The van der Waals surface area contributed by atoms with Gasteiger partial charge in [-0.25, -0.2) is 9.59 Å². The lowest BCUT2D eigenvalue weighted by molar-refractivity contribution is -0.165. The molecule has 1 aromatic rings. The molecule has 1 saturated heterocycles. The maximum Gasteiger partial charge on any atom is 0.335 e. The minimum absolute atomic E-state index is 0.0103. The van der Waals surface area contributed by atoms with Crippen LogP contribution in [0.3, 0.4) is 0 Å². The number of imide groups is 1. The molecule has 0 spiro atoms. The normalized spacial score (nSPS) is 21.0. The SMILES string of the molecule is O=C(O)[C@H](O)[C@@H](O)C(=O)O.O=C1c2ccccc2C(=O)N1[C@H]1CCCNC1. The van der Waals surface area contributed by atoms with Crippen LogP contribution in [0.2, 0.25) is 0 Å². The number of aliphatic hydroxyl groups excluding tert-OH is 2. The average Bonchev–Trinajstić information content (AvgIpc) is 2.92. The van der Waals surface area contributed by atoms with E-state index in [1.165, 1.54) is 4.90 Å². The summed E-state index contributed by atoms with van der Waals surface area (Å²) in [6.07, 6.45) is -2.62. The molecule has 2 aliphatic heterocycles. The molecule has 0 radical (unpaired) electrons. The van der Waals surface area contributed by atoms with Crippen LogP contribution in [0.15, 0.2) is 24.3 Å². The number of rotatable bonds is 4. The van der Waals surface area contributed by atoms with Gasteiger partial charge < -0.3 is 25.7 Å². The molecule has 2 amide bonds. The van der Waals surface area contributed by atoms with Crippen LogP contribution < -0.4 is 5.32 Å². The van der Waals surface area contributed by atoms with Gasteiger partial charge in [0.15, 0.2) is 12.2 Å². The fraction of sp³-hybridized carbons (Fsp3) is 0.412. The molecule has 1 fully saturated rings. The van der Waals surface area contributed by atoms with Crippen LogP contribution in [0.25, 0.3) is 0 Å². The van der Waals surface area contributed by atoms with E-state index in [-0.39, 0.29) is 17.9 Å². The van der Waals surface area contributed by atoms with Crippen molar-refractivity contribution >= 4 is 23.8 Å². The van der Waals surface area contributed by atoms with E-state index in [9.17, 15) is 19.2 Å². The number of carbonyl (C=O) groups excluding carboxylic acids is 2. The molecule has 0 saturated carbocycles. The molecule has 3 atom stereocenters. The van der Waals surface area contributed by atoms with Crippen LogP contribution >= 0.6 is 0 Å². The Morgan fingerprint density at radius 1 is 1.00 bits per heavy atom. The Kier molecular flexibility index (Phi) is 6.61. The first-order chi connectivity index (χ1) is 12.8. The van der Waals surface area contributed by atoms with Crippen molar-refractivity contribution in [1.29, 1.82) is 0 Å². The number of amides is 2. The molecule has 2 aliphatic rings. The van der Waals surface area contributed by atoms with Crippen molar-refractivity contribution in [3.8, 4) is 0 Å². The smallest absolute Gasteiger partial charge is 0.335 e. The number of hydrogen-bond donors (Lipinski definition) is 5. The standard InChI is InChI=1S/C13H14N2O2.C4H6O6/c16-12-10-5-1-2-6-11(10)13(17)15(12)9-4-3-7-14-8-9;5-1(3(7)8)2(6)4(9)10/h1-2,5-6,9,14H,3-4,7-8H2;1-2,5-6H,(H,7,8)(H,9,10)/t9-;1-,2-/m01/s1. The minimum Gasteiger partial charge on any atom is -0.479 e. The van der Waals surface area contributed by atoms with Gasteiger partial charge in [0.2, 0.25) is 0 Å². The Balaban J connectivity index is 0.000000227. The molecule has 0 bridgehead atoms. The predicted octanol–water partition coefficient (Wildman–Crippen LogP) is -1.09. The van der Waals surface area contributed by atoms with Crippen LogP contribution in [0.5, 0.6) is 0 Å². The van der Waals surface area contributed by atoms with E-state index >= 15 is 0 Å². The van der Waals surface area contributed by atoms with Crippen LogP contribution in [0, 0.1) is 0 Å². The number of nitrogens with zero attached hydrogens (tertiary/aromatic N) is 1. The summed E-state index contributed by atoms with van der Waals surface area (Å²) in [7, 11) is 0. The molecule has 1 aromatic carbocycles. The highest BCUT2D eigenvalue weighted by Gasteiger charge is 2.39. The van der Waals surface area contributed by atoms with Crippen molar-refractivity contribution in [3.05, 3.63) is 35.4 Å². The molecule has 2 heterocycles. The molecule has 0 aliphatic carbocycles.